The monoisotopic (exact) mass is 462 g/mol. The van der Waals surface area contributed by atoms with E-state index in [9.17, 15) is 22.8 Å². The Bertz CT molecular complexity index is 848. The summed E-state index contributed by atoms with van der Waals surface area (Å²) in [6.07, 6.45) is -4.75. The van der Waals surface area contributed by atoms with E-state index < -0.39 is 30.3 Å². The minimum Gasteiger partial charge on any atom is -0.442 e. The van der Waals surface area contributed by atoms with Crippen molar-refractivity contribution in [2.75, 3.05) is 49.1 Å². The van der Waals surface area contributed by atoms with Crippen molar-refractivity contribution in [3.05, 3.63) is 24.0 Å². The molecule has 170 valence electrons. The minimum absolute atomic E-state index is 0.0167. The molecule has 2 aliphatic heterocycles. The van der Waals surface area contributed by atoms with Gasteiger partial charge in [-0.15, -0.1) is 0 Å². The minimum atomic E-state index is -3.16. The molecule has 1 atom stereocenters. The summed E-state index contributed by atoms with van der Waals surface area (Å²) in [4.78, 5) is 31.5. The molecule has 0 unspecified atom stereocenters. The predicted molar refractivity (Wildman–Crippen MR) is 108 cm³/mol. The molecule has 14 heteroatoms. The average molecular weight is 462 g/mol. The van der Waals surface area contributed by atoms with Crippen molar-refractivity contribution < 1.29 is 32.3 Å². The highest BCUT2D eigenvalue weighted by Gasteiger charge is 2.33. The number of cyclic esters (lactones) is 1. The van der Waals surface area contributed by atoms with Crippen LogP contribution in [0.4, 0.5) is 29.3 Å². The molecule has 1 aromatic carbocycles. The molecule has 2 saturated heterocycles. The summed E-state index contributed by atoms with van der Waals surface area (Å²) in [6.45, 7) is 1.14. The van der Waals surface area contributed by atoms with Gasteiger partial charge in [0.2, 0.25) is 5.11 Å². The summed E-state index contributed by atoms with van der Waals surface area (Å²) in [5, 5.41) is 3.61. The highest BCUT2D eigenvalue weighted by Crippen LogP contribution is 2.28. The van der Waals surface area contributed by atoms with Crippen LogP contribution in [0, 0.1) is 5.82 Å². The lowest BCUT2D eigenvalue weighted by Gasteiger charge is -2.24. The van der Waals surface area contributed by atoms with Crippen LogP contribution in [0.3, 0.4) is 0 Å². The number of nitrogens with two attached hydrogens (primary N) is 1. The van der Waals surface area contributed by atoms with E-state index in [0.29, 0.717) is 25.3 Å². The number of ether oxygens (including phenoxy) is 1. The van der Waals surface area contributed by atoms with E-state index in [0.717, 1.165) is 0 Å². The molecule has 0 radical (unpaired) electrons. The summed E-state index contributed by atoms with van der Waals surface area (Å²) in [5.41, 5.74) is 2.89. The molecule has 10 nitrogen and oxygen atoms in total. The molecule has 2 fully saturated rings. The van der Waals surface area contributed by atoms with Crippen LogP contribution in [0.2, 0.25) is 0 Å². The molecule has 2 aliphatic rings. The van der Waals surface area contributed by atoms with Gasteiger partial charge in [0.1, 0.15) is 11.9 Å². The molecule has 0 aromatic heterocycles. The quantitative estimate of drug-likeness (QED) is 0.324. The third-order valence-corrected chi connectivity index (χ3v) is 5.01. The first kappa shape index (κ1) is 22.8. The van der Waals surface area contributed by atoms with Gasteiger partial charge in [0.05, 0.1) is 37.6 Å². The van der Waals surface area contributed by atoms with Crippen LogP contribution in [0.15, 0.2) is 18.2 Å². The molecule has 4 N–H and O–H groups in total. The number of carbonyl (C=O) groups is 2. The molecule has 0 aliphatic carbocycles. The lowest BCUT2D eigenvalue weighted by atomic mass is 10.2. The number of hydrogen-bond donors (Lipinski definition) is 3. The maximum absolute atomic E-state index is 14.8. The second-order valence-corrected chi connectivity index (χ2v) is 7.06. The summed E-state index contributed by atoms with van der Waals surface area (Å²) in [6, 6.07) is 4.26. The number of hydroxylamine groups is 2. The number of nitrogens with zero attached hydrogens (tertiary/aromatic N) is 3. The number of rotatable bonds is 5. The lowest BCUT2D eigenvalue weighted by molar-refractivity contribution is -0.132. The van der Waals surface area contributed by atoms with Crippen molar-refractivity contribution in [3.8, 4) is 0 Å². The summed E-state index contributed by atoms with van der Waals surface area (Å²) in [5.74, 6) is 3.27. The van der Waals surface area contributed by atoms with E-state index in [1.807, 2.05) is 5.32 Å². The molecule has 2 amide bonds. The Morgan fingerprint density at radius 1 is 1.32 bits per heavy atom. The summed E-state index contributed by atoms with van der Waals surface area (Å²) >= 11 is 5.02. The lowest BCUT2D eigenvalue weighted by Crippen LogP contribution is -2.44. The van der Waals surface area contributed by atoms with Crippen molar-refractivity contribution in [2.45, 2.75) is 12.5 Å². The van der Waals surface area contributed by atoms with Crippen LogP contribution in [-0.2, 0) is 14.4 Å². The fourth-order valence-corrected chi connectivity index (χ4v) is 3.32. The first-order valence-electron chi connectivity index (χ1n) is 9.29. The Labute approximate surface area is 180 Å². The van der Waals surface area contributed by atoms with E-state index in [2.05, 4.69) is 5.43 Å². The highest BCUT2D eigenvalue weighted by atomic mass is 32.1. The van der Waals surface area contributed by atoms with Gasteiger partial charge >= 0.3 is 12.5 Å². The third kappa shape index (κ3) is 5.45. The van der Waals surface area contributed by atoms with Crippen LogP contribution in [-0.4, -0.2) is 74.0 Å². The van der Waals surface area contributed by atoms with Crippen molar-refractivity contribution in [1.82, 2.24) is 15.8 Å². The number of nitrogens with one attached hydrogen (secondary N) is 2. The number of hydrazine groups is 1. The zero-order valence-corrected chi connectivity index (χ0v) is 17.0. The van der Waals surface area contributed by atoms with Crippen LogP contribution in [0.5, 0.6) is 0 Å². The largest absolute Gasteiger partial charge is 0.442 e. The third-order valence-electron chi connectivity index (χ3n) is 4.69. The van der Waals surface area contributed by atoms with E-state index in [1.165, 1.54) is 22.1 Å². The Balaban J connectivity index is 1.63. The number of thiocarbonyl (C=S) groups is 1. The van der Waals surface area contributed by atoms with Gasteiger partial charge in [-0.25, -0.2) is 20.1 Å². The normalized spacial score (nSPS) is 19.3. The zero-order valence-electron chi connectivity index (χ0n) is 16.2. The Kier molecular flexibility index (Phi) is 7.35. The van der Waals surface area contributed by atoms with E-state index in [1.54, 1.807) is 11.0 Å². The SMILES string of the molecule is NNC(=S)N1CCN(c2ccc(N3C[C@H](CNC(=O)C(F)F)OC3=O)cc2F)CCO1. The molecule has 0 spiro atoms. The van der Waals surface area contributed by atoms with E-state index >= 15 is 0 Å². The number of amides is 2. The van der Waals surface area contributed by atoms with Gasteiger partial charge in [-0.05, 0) is 30.4 Å². The van der Waals surface area contributed by atoms with Gasteiger partial charge in [0.25, 0.3) is 5.91 Å². The van der Waals surface area contributed by atoms with Gasteiger partial charge in [0.15, 0.2) is 0 Å². The number of alkyl halides is 2. The summed E-state index contributed by atoms with van der Waals surface area (Å²) < 4.78 is 44.4. The number of anilines is 2. The standard InChI is InChI=1S/C17H21F3N6O4S/c18-12-7-10(25-9-11(30-17(25)28)8-22-15(27)14(19)20)1-2-13(12)24-3-4-26(16(31)23-21)29-6-5-24/h1-2,7,11,14H,3-6,8-9,21H2,(H,22,27)(H,23,31)/t11-/m0/s1. The Hall–Kier alpha value is -2.84. The number of hydrogen-bond acceptors (Lipinski definition) is 7. The number of halogens is 3. The number of carbonyl (C=O) groups excluding carboxylic acids is 2. The molecule has 0 bridgehead atoms. The zero-order chi connectivity index (χ0) is 22.5. The van der Waals surface area contributed by atoms with Crippen molar-refractivity contribution in [3.63, 3.8) is 0 Å². The fraction of sp³-hybridized carbons (Fsp3) is 0.471. The van der Waals surface area contributed by atoms with Crippen LogP contribution in [0.1, 0.15) is 0 Å². The summed E-state index contributed by atoms with van der Waals surface area (Å²) in [7, 11) is 0. The van der Waals surface area contributed by atoms with E-state index in [-0.39, 0.29) is 30.5 Å². The van der Waals surface area contributed by atoms with Crippen molar-refractivity contribution in [1.29, 1.82) is 0 Å². The number of benzene rings is 1. The maximum atomic E-state index is 14.8. The highest BCUT2D eigenvalue weighted by molar-refractivity contribution is 7.80. The molecule has 1 aromatic rings. The average Bonchev–Trinajstić information content (AvgIpc) is 2.95. The molecular weight excluding hydrogens is 441 g/mol. The maximum Gasteiger partial charge on any atom is 0.414 e. The smallest absolute Gasteiger partial charge is 0.414 e. The van der Waals surface area contributed by atoms with Gasteiger partial charge in [-0.3, -0.25) is 20.0 Å². The first-order chi connectivity index (χ1) is 14.8. The first-order valence-corrected chi connectivity index (χ1v) is 9.70. The second kappa shape index (κ2) is 9.98. The van der Waals surface area contributed by atoms with Crippen molar-refractivity contribution in [2.24, 2.45) is 5.84 Å². The van der Waals surface area contributed by atoms with Gasteiger partial charge in [-0.2, -0.15) is 8.78 Å². The molecule has 2 heterocycles. The Morgan fingerprint density at radius 3 is 2.77 bits per heavy atom. The second-order valence-electron chi connectivity index (χ2n) is 6.67. The molecule has 31 heavy (non-hydrogen) atoms. The van der Waals surface area contributed by atoms with Crippen LogP contribution in [0.25, 0.3) is 0 Å². The van der Waals surface area contributed by atoms with Crippen molar-refractivity contribution >= 4 is 40.7 Å². The van der Waals surface area contributed by atoms with Gasteiger partial charge < -0.3 is 15.0 Å². The topological polar surface area (TPSA) is 112 Å². The van der Waals surface area contributed by atoms with Crippen LogP contribution >= 0.6 is 12.2 Å². The Morgan fingerprint density at radius 2 is 2.10 bits per heavy atom. The van der Waals surface area contributed by atoms with Crippen LogP contribution < -0.4 is 26.4 Å². The predicted octanol–water partition coefficient (Wildman–Crippen LogP) is 0.334. The van der Waals surface area contributed by atoms with E-state index in [4.69, 9.17) is 27.6 Å². The van der Waals surface area contributed by atoms with Gasteiger partial charge in [-0.1, -0.05) is 0 Å². The van der Waals surface area contributed by atoms with Gasteiger partial charge in [0, 0.05) is 13.1 Å². The molecule has 3 rings (SSSR count). The molecular formula is C17H21F3N6O4S. The fourth-order valence-electron chi connectivity index (χ4n) is 3.17. The molecule has 0 saturated carbocycles.